The first-order valence-corrected chi connectivity index (χ1v) is 10.3. The van der Waals surface area contributed by atoms with Gasteiger partial charge in [-0.2, -0.15) is 0 Å². The summed E-state index contributed by atoms with van der Waals surface area (Å²) in [6.45, 7) is 7.58. The highest BCUT2D eigenvalue weighted by Gasteiger charge is 2.15. The van der Waals surface area contributed by atoms with Crippen molar-refractivity contribution >= 4 is 11.9 Å². The van der Waals surface area contributed by atoms with Crippen molar-refractivity contribution in [1.82, 2.24) is 0 Å². The lowest BCUT2D eigenvalue weighted by atomic mass is 9.87. The molecule has 3 rings (SSSR count). The summed E-state index contributed by atoms with van der Waals surface area (Å²) in [4.78, 5) is 10.7. The first kappa shape index (κ1) is 23.1. The third-order valence-corrected chi connectivity index (χ3v) is 5.01. The summed E-state index contributed by atoms with van der Waals surface area (Å²) in [5, 5.41) is 0. The lowest BCUT2D eigenvalue weighted by Crippen LogP contribution is -2.15. The van der Waals surface area contributed by atoms with Crippen molar-refractivity contribution in [3.8, 4) is 0 Å². The number of hydrogen-bond donors (Lipinski definition) is 0. The fourth-order valence-electron chi connectivity index (χ4n) is 3.00. The van der Waals surface area contributed by atoms with Crippen molar-refractivity contribution in [3.63, 3.8) is 0 Å². The van der Waals surface area contributed by atoms with Gasteiger partial charge in [-0.25, -0.2) is 0 Å². The van der Waals surface area contributed by atoms with E-state index in [1.54, 1.807) is 7.11 Å². The number of carbonyl (C=O) groups is 1. The van der Waals surface area contributed by atoms with Crippen LogP contribution in [0.2, 0.25) is 0 Å². The summed E-state index contributed by atoms with van der Waals surface area (Å²) in [6.07, 6.45) is 6.53. The molecule has 29 heavy (non-hydrogen) atoms. The SMILES string of the molecule is COC(C)(C)C.O=Cc1ccc(C2=CCC(COCc3ccccc3)CC2)cc1. The molecule has 1 atom stereocenters. The first-order chi connectivity index (χ1) is 13.9. The highest BCUT2D eigenvalue weighted by atomic mass is 16.5. The van der Waals surface area contributed by atoms with Crippen molar-refractivity contribution in [2.75, 3.05) is 13.7 Å². The van der Waals surface area contributed by atoms with Gasteiger partial charge >= 0.3 is 0 Å². The molecule has 156 valence electrons. The molecule has 0 fully saturated rings. The van der Waals surface area contributed by atoms with Crippen LogP contribution in [0, 0.1) is 5.92 Å². The highest BCUT2D eigenvalue weighted by Crippen LogP contribution is 2.30. The number of hydrogen-bond acceptors (Lipinski definition) is 3. The van der Waals surface area contributed by atoms with E-state index in [-0.39, 0.29) is 5.60 Å². The zero-order valence-electron chi connectivity index (χ0n) is 18.2. The standard InChI is InChI=1S/C21H22O2.C5H12O/c22-14-17-6-10-20(11-7-17)21-12-8-19(9-13-21)16-23-15-18-4-2-1-3-5-18;1-5(2,3)6-4/h1-7,10-12,14,19H,8-9,13,15-16H2;1-4H3. The van der Waals surface area contributed by atoms with Gasteiger partial charge in [-0.1, -0.05) is 60.7 Å². The molecule has 1 aliphatic carbocycles. The number of carbonyl (C=O) groups excluding carboxylic acids is 1. The Labute approximate surface area is 175 Å². The normalized spacial score (nSPS) is 16.4. The number of methoxy groups -OCH3 is 1. The van der Waals surface area contributed by atoms with Crippen LogP contribution >= 0.6 is 0 Å². The molecule has 0 aliphatic heterocycles. The number of benzene rings is 2. The van der Waals surface area contributed by atoms with Gasteiger partial charge in [-0.05, 0) is 62.7 Å². The van der Waals surface area contributed by atoms with Gasteiger partial charge in [0.2, 0.25) is 0 Å². The molecule has 1 aliphatic rings. The average molecular weight is 395 g/mol. The van der Waals surface area contributed by atoms with Crippen molar-refractivity contribution in [1.29, 1.82) is 0 Å². The number of aldehydes is 1. The van der Waals surface area contributed by atoms with Crippen LogP contribution in [-0.4, -0.2) is 25.6 Å². The topological polar surface area (TPSA) is 35.5 Å². The summed E-state index contributed by atoms with van der Waals surface area (Å²) >= 11 is 0. The van der Waals surface area contributed by atoms with Crippen LogP contribution in [0.5, 0.6) is 0 Å². The van der Waals surface area contributed by atoms with Gasteiger partial charge in [-0.3, -0.25) is 4.79 Å². The van der Waals surface area contributed by atoms with Crippen molar-refractivity contribution < 1.29 is 14.3 Å². The van der Waals surface area contributed by atoms with Gasteiger partial charge < -0.3 is 9.47 Å². The minimum atomic E-state index is 0.0417. The van der Waals surface area contributed by atoms with E-state index < -0.39 is 0 Å². The second-order valence-corrected chi connectivity index (χ2v) is 8.43. The summed E-state index contributed by atoms with van der Waals surface area (Å²) in [5.41, 5.74) is 4.63. The van der Waals surface area contributed by atoms with Crippen molar-refractivity contribution in [3.05, 3.63) is 77.4 Å². The molecule has 0 amide bonds. The minimum Gasteiger partial charge on any atom is -0.379 e. The van der Waals surface area contributed by atoms with Gasteiger partial charge in [-0.15, -0.1) is 0 Å². The van der Waals surface area contributed by atoms with Gasteiger partial charge in [0.1, 0.15) is 6.29 Å². The van der Waals surface area contributed by atoms with E-state index in [0.717, 1.165) is 37.7 Å². The van der Waals surface area contributed by atoms with Crippen LogP contribution in [0.4, 0.5) is 0 Å². The lowest BCUT2D eigenvalue weighted by Gasteiger charge is -2.22. The van der Waals surface area contributed by atoms with Crippen LogP contribution in [0.3, 0.4) is 0 Å². The zero-order chi connectivity index (χ0) is 21.1. The van der Waals surface area contributed by atoms with E-state index >= 15 is 0 Å². The minimum absolute atomic E-state index is 0.0417. The van der Waals surface area contributed by atoms with Gasteiger partial charge in [0.05, 0.1) is 18.8 Å². The van der Waals surface area contributed by atoms with Crippen LogP contribution < -0.4 is 0 Å². The van der Waals surface area contributed by atoms with E-state index in [9.17, 15) is 4.79 Å². The van der Waals surface area contributed by atoms with E-state index in [4.69, 9.17) is 9.47 Å². The third kappa shape index (κ3) is 8.76. The van der Waals surface area contributed by atoms with Gasteiger partial charge in [0.25, 0.3) is 0 Å². The largest absolute Gasteiger partial charge is 0.379 e. The maximum Gasteiger partial charge on any atom is 0.150 e. The van der Waals surface area contributed by atoms with Crippen LogP contribution in [0.15, 0.2) is 60.7 Å². The number of ether oxygens (including phenoxy) is 2. The van der Waals surface area contributed by atoms with E-state index in [1.165, 1.54) is 16.7 Å². The molecule has 0 aromatic heterocycles. The summed E-state index contributed by atoms with van der Waals surface area (Å²) in [7, 11) is 1.71. The average Bonchev–Trinajstić information content (AvgIpc) is 2.75. The summed E-state index contributed by atoms with van der Waals surface area (Å²) < 4.78 is 10.8. The van der Waals surface area contributed by atoms with Crippen LogP contribution in [0.25, 0.3) is 5.57 Å². The third-order valence-electron chi connectivity index (χ3n) is 5.01. The molecule has 0 saturated heterocycles. The van der Waals surface area contributed by atoms with E-state index in [2.05, 4.69) is 18.2 Å². The molecule has 3 heteroatoms. The Hall–Kier alpha value is -2.23. The highest BCUT2D eigenvalue weighted by molar-refractivity contribution is 5.76. The molecule has 0 spiro atoms. The Balaban J connectivity index is 0.000000438. The molecule has 0 bridgehead atoms. The smallest absolute Gasteiger partial charge is 0.150 e. The van der Waals surface area contributed by atoms with Crippen molar-refractivity contribution in [2.45, 2.75) is 52.2 Å². The number of rotatable bonds is 6. The summed E-state index contributed by atoms with van der Waals surface area (Å²) in [6, 6.07) is 18.2. The predicted octanol–water partition coefficient (Wildman–Crippen LogP) is 6.33. The Kier molecular flexibility index (Phi) is 9.30. The number of allylic oxidation sites excluding steroid dienone is 2. The molecule has 0 heterocycles. The molecule has 3 nitrogen and oxygen atoms in total. The fourth-order valence-corrected chi connectivity index (χ4v) is 3.00. The van der Waals surface area contributed by atoms with Crippen molar-refractivity contribution in [2.24, 2.45) is 5.92 Å². The predicted molar refractivity (Wildman–Crippen MR) is 120 cm³/mol. The van der Waals surface area contributed by atoms with Gasteiger partial charge in [0.15, 0.2) is 0 Å². The molecule has 1 unspecified atom stereocenters. The zero-order valence-corrected chi connectivity index (χ0v) is 18.2. The second-order valence-electron chi connectivity index (χ2n) is 8.43. The quantitative estimate of drug-likeness (QED) is 0.537. The molecule has 0 radical (unpaired) electrons. The Morgan fingerprint density at radius 1 is 1.03 bits per heavy atom. The van der Waals surface area contributed by atoms with E-state index in [0.29, 0.717) is 12.5 Å². The second kappa shape index (κ2) is 11.7. The molecular formula is C26H34O3. The van der Waals surface area contributed by atoms with E-state index in [1.807, 2.05) is 63.2 Å². The Morgan fingerprint density at radius 3 is 2.21 bits per heavy atom. The maximum absolute atomic E-state index is 10.7. The first-order valence-electron chi connectivity index (χ1n) is 10.3. The molecule has 2 aromatic carbocycles. The van der Waals surface area contributed by atoms with Crippen LogP contribution in [0.1, 0.15) is 61.5 Å². The fraction of sp³-hybridized carbons (Fsp3) is 0.423. The molecule has 0 saturated carbocycles. The van der Waals surface area contributed by atoms with Crippen LogP contribution in [-0.2, 0) is 16.1 Å². The summed E-state index contributed by atoms with van der Waals surface area (Å²) in [5.74, 6) is 0.608. The Morgan fingerprint density at radius 2 is 1.69 bits per heavy atom. The Bertz CT molecular complexity index is 755. The van der Waals surface area contributed by atoms with Gasteiger partial charge in [0, 0.05) is 12.7 Å². The maximum atomic E-state index is 10.7. The monoisotopic (exact) mass is 394 g/mol. The lowest BCUT2D eigenvalue weighted by molar-refractivity contribution is 0.0397. The molecular weight excluding hydrogens is 360 g/mol. The molecule has 2 aromatic rings. The molecule has 0 N–H and O–H groups in total.